The van der Waals surface area contributed by atoms with E-state index in [4.69, 9.17) is 33.0 Å². The number of nitrogens with zero attached hydrogens (tertiary/aromatic N) is 2. The topological polar surface area (TPSA) is 127 Å². The van der Waals surface area contributed by atoms with Gasteiger partial charge in [-0.2, -0.15) is 0 Å². The summed E-state index contributed by atoms with van der Waals surface area (Å²) in [4.78, 5) is 44.0. The third kappa shape index (κ3) is 6.03. The summed E-state index contributed by atoms with van der Waals surface area (Å²) in [6, 6.07) is 2.87. The van der Waals surface area contributed by atoms with Gasteiger partial charge in [0.15, 0.2) is 17.5 Å². The Hall–Kier alpha value is -2.95. The smallest absolute Gasteiger partial charge is 0.360 e. The van der Waals surface area contributed by atoms with E-state index in [-0.39, 0.29) is 38.0 Å². The molecule has 0 unspecified atom stereocenters. The van der Waals surface area contributed by atoms with Crippen molar-refractivity contribution < 1.29 is 29.1 Å². The van der Waals surface area contributed by atoms with Gasteiger partial charge in [0, 0.05) is 10.9 Å². The minimum absolute atomic E-state index is 0.00219. The summed E-state index contributed by atoms with van der Waals surface area (Å²) in [5, 5.41) is 16.5. The van der Waals surface area contributed by atoms with Crippen molar-refractivity contribution in [3.63, 3.8) is 0 Å². The third-order valence-electron chi connectivity index (χ3n) is 3.78. The van der Waals surface area contributed by atoms with E-state index in [0.29, 0.717) is 12.0 Å². The van der Waals surface area contributed by atoms with E-state index in [1.807, 2.05) is 0 Å². The molecule has 0 spiro atoms. The number of Topliss-reactive ketones (excluding diaryl/α,β-unsaturated/α-hetero) is 1. The predicted molar refractivity (Wildman–Crippen MR) is 118 cm³/mol. The number of thiazole rings is 1. The van der Waals surface area contributed by atoms with Crippen LogP contribution in [0, 0.1) is 0 Å². The highest BCUT2D eigenvalue weighted by atomic mass is 35.5. The third-order valence-corrected chi connectivity index (χ3v) is 5.40. The lowest BCUT2D eigenvalue weighted by Crippen LogP contribution is -2.21. The lowest BCUT2D eigenvalue weighted by atomic mass is 10.0. The summed E-state index contributed by atoms with van der Waals surface area (Å²) >= 11 is 13.3. The van der Waals surface area contributed by atoms with Crippen LogP contribution in [0.5, 0.6) is 5.75 Å². The summed E-state index contributed by atoms with van der Waals surface area (Å²) in [7, 11) is 1.20. The Kier molecular flexibility index (Phi) is 8.55. The number of nitrogens with one attached hydrogen (secondary N) is 1. The Labute approximate surface area is 191 Å². The molecule has 0 bridgehead atoms. The number of allylic oxidation sites excluding steroid dienone is 1. The highest BCUT2D eigenvalue weighted by molar-refractivity contribution is 7.14. The van der Waals surface area contributed by atoms with Gasteiger partial charge < -0.3 is 14.7 Å². The number of aliphatic carboxylic acids is 1. The van der Waals surface area contributed by atoms with Crippen LogP contribution >= 0.6 is 34.5 Å². The van der Waals surface area contributed by atoms with Crippen molar-refractivity contribution in [3.05, 3.63) is 51.0 Å². The van der Waals surface area contributed by atoms with E-state index in [2.05, 4.69) is 26.9 Å². The summed E-state index contributed by atoms with van der Waals surface area (Å²) in [5.41, 5.74) is 0.199. The number of anilines is 1. The zero-order valence-corrected chi connectivity index (χ0v) is 18.7. The minimum atomic E-state index is -1.33. The van der Waals surface area contributed by atoms with E-state index in [1.54, 1.807) is 6.92 Å². The maximum atomic E-state index is 12.3. The predicted octanol–water partition coefficient (Wildman–Crippen LogP) is 4.05. The number of carbonyl (C=O) groups excluding carboxylic acids is 2. The first-order valence-corrected chi connectivity index (χ1v) is 10.3. The fourth-order valence-electron chi connectivity index (χ4n) is 2.19. The second-order valence-corrected chi connectivity index (χ2v) is 7.44. The quantitative estimate of drug-likeness (QED) is 0.225. The lowest BCUT2D eigenvalue weighted by molar-refractivity contribution is -0.129. The number of hydrogen-bond acceptors (Lipinski definition) is 8. The molecule has 0 fully saturated rings. The van der Waals surface area contributed by atoms with Gasteiger partial charge in [-0.1, -0.05) is 41.9 Å². The van der Waals surface area contributed by atoms with Gasteiger partial charge >= 0.3 is 5.97 Å². The number of halogens is 2. The molecule has 12 heteroatoms. The van der Waals surface area contributed by atoms with Crippen molar-refractivity contribution in [3.8, 4) is 5.75 Å². The molecule has 0 saturated heterocycles. The van der Waals surface area contributed by atoms with Gasteiger partial charge in [0.25, 0.3) is 5.91 Å². The molecule has 0 radical (unpaired) electrons. The molecule has 0 saturated carbocycles. The van der Waals surface area contributed by atoms with Gasteiger partial charge in [-0.25, -0.2) is 9.78 Å². The van der Waals surface area contributed by atoms with Gasteiger partial charge in [0.2, 0.25) is 5.71 Å². The van der Waals surface area contributed by atoms with E-state index in [1.165, 1.54) is 24.6 Å². The molecule has 9 nitrogen and oxygen atoms in total. The Morgan fingerprint density at radius 3 is 2.61 bits per heavy atom. The average molecular weight is 486 g/mol. The standard InChI is InChI=1S/C19H17Cl2N3O6S/c1-4-9(2)17(26)10-5-6-12(15(21)14(10)20)30-7-13(25)23-19-22-11(8-31-19)16(18(27)28)24-29-3/h5-6,8H,2,4,7H2,1,3H3,(H,27,28)(H,22,23,25)/b24-16+. The number of aromatic nitrogens is 1. The van der Waals surface area contributed by atoms with Crippen LogP contribution in [0.1, 0.15) is 29.4 Å². The van der Waals surface area contributed by atoms with Gasteiger partial charge in [-0.15, -0.1) is 11.3 Å². The van der Waals surface area contributed by atoms with Crippen LogP contribution in [0.3, 0.4) is 0 Å². The molecule has 0 aliphatic carbocycles. The highest BCUT2D eigenvalue weighted by Crippen LogP contribution is 2.35. The number of carbonyl (C=O) groups is 3. The number of benzene rings is 1. The molecule has 31 heavy (non-hydrogen) atoms. The van der Waals surface area contributed by atoms with Gasteiger partial charge in [-0.05, 0) is 24.1 Å². The van der Waals surface area contributed by atoms with Crippen LogP contribution in [0.15, 0.2) is 34.8 Å². The molecule has 2 rings (SSSR count). The molecule has 0 aliphatic heterocycles. The first kappa shape index (κ1) is 24.3. The van der Waals surface area contributed by atoms with Crippen LogP contribution in [-0.4, -0.2) is 47.2 Å². The number of hydrogen-bond donors (Lipinski definition) is 2. The van der Waals surface area contributed by atoms with Gasteiger partial charge in [0.1, 0.15) is 23.6 Å². The number of ketones is 1. The molecule has 1 aromatic heterocycles. The van der Waals surface area contributed by atoms with Crippen molar-refractivity contribution in [2.75, 3.05) is 19.0 Å². The van der Waals surface area contributed by atoms with Crippen molar-refractivity contribution in [2.45, 2.75) is 13.3 Å². The van der Waals surface area contributed by atoms with Crippen LogP contribution in [-0.2, 0) is 14.4 Å². The molecular formula is C19H17Cl2N3O6S. The number of amides is 1. The molecule has 1 heterocycles. The Balaban J connectivity index is 2.05. The van der Waals surface area contributed by atoms with E-state index >= 15 is 0 Å². The normalized spacial score (nSPS) is 11.0. The molecule has 1 amide bonds. The Bertz CT molecular complexity index is 1070. The molecule has 2 aromatic rings. The molecule has 164 valence electrons. The highest BCUT2D eigenvalue weighted by Gasteiger charge is 2.20. The first-order chi connectivity index (χ1) is 14.7. The zero-order valence-electron chi connectivity index (χ0n) is 16.4. The number of oxime groups is 1. The number of ether oxygens (including phenoxy) is 1. The maximum Gasteiger partial charge on any atom is 0.360 e. The van der Waals surface area contributed by atoms with Crippen molar-refractivity contribution in [1.82, 2.24) is 4.98 Å². The second-order valence-electron chi connectivity index (χ2n) is 5.83. The fourth-order valence-corrected chi connectivity index (χ4v) is 3.37. The lowest BCUT2D eigenvalue weighted by Gasteiger charge is -2.11. The summed E-state index contributed by atoms with van der Waals surface area (Å²) in [5.74, 6) is -2.12. The van der Waals surface area contributed by atoms with E-state index < -0.39 is 24.2 Å². The Morgan fingerprint density at radius 2 is 2.00 bits per heavy atom. The van der Waals surface area contributed by atoms with Crippen molar-refractivity contribution >= 4 is 63.0 Å². The average Bonchev–Trinajstić information content (AvgIpc) is 3.19. The molecule has 0 aliphatic rings. The number of carboxylic acids is 1. The van der Waals surface area contributed by atoms with Crippen molar-refractivity contribution in [1.29, 1.82) is 0 Å². The second kappa shape index (κ2) is 10.9. The number of carboxylic acid groups (broad SMARTS) is 1. The van der Waals surface area contributed by atoms with Crippen LogP contribution in [0.4, 0.5) is 5.13 Å². The molecule has 2 N–H and O–H groups in total. The summed E-state index contributed by atoms with van der Waals surface area (Å²) < 4.78 is 5.38. The largest absolute Gasteiger partial charge is 0.482 e. The van der Waals surface area contributed by atoms with Gasteiger partial charge in [-0.3, -0.25) is 14.9 Å². The molecule has 0 atom stereocenters. The van der Waals surface area contributed by atoms with Crippen molar-refractivity contribution in [2.24, 2.45) is 5.16 Å². The Morgan fingerprint density at radius 1 is 1.29 bits per heavy atom. The van der Waals surface area contributed by atoms with Gasteiger partial charge in [0.05, 0.1) is 5.02 Å². The first-order valence-electron chi connectivity index (χ1n) is 8.63. The number of rotatable bonds is 10. The zero-order chi connectivity index (χ0) is 23.1. The molecular weight excluding hydrogens is 469 g/mol. The van der Waals surface area contributed by atoms with Crippen LogP contribution in [0.2, 0.25) is 10.0 Å². The van der Waals surface area contributed by atoms with E-state index in [0.717, 1.165) is 11.3 Å². The fraction of sp³-hybridized carbons (Fsp3) is 0.211. The summed E-state index contributed by atoms with van der Waals surface area (Å²) in [6.07, 6.45) is 0.467. The minimum Gasteiger partial charge on any atom is -0.482 e. The SMILES string of the molecule is C=C(CC)C(=O)c1ccc(OCC(=O)Nc2nc(/C(=N\OC)C(=O)O)cs2)c(Cl)c1Cl. The molecule has 1 aromatic carbocycles. The van der Waals surface area contributed by atoms with Crippen LogP contribution < -0.4 is 10.1 Å². The van der Waals surface area contributed by atoms with Crippen LogP contribution in [0.25, 0.3) is 0 Å². The summed E-state index contributed by atoms with van der Waals surface area (Å²) in [6.45, 7) is 5.05. The monoisotopic (exact) mass is 485 g/mol. The van der Waals surface area contributed by atoms with E-state index in [9.17, 15) is 14.4 Å². The maximum absolute atomic E-state index is 12.3.